The van der Waals surface area contributed by atoms with Crippen LogP contribution in [-0.4, -0.2) is 39.4 Å². The molecule has 186 valence electrons. The third-order valence-corrected chi connectivity index (χ3v) is 6.24. The highest BCUT2D eigenvalue weighted by atomic mass is 16.1. The van der Waals surface area contributed by atoms with Gasteiger partial charge in [-0.2, -0.15) is 0 Å². The molecular formula is C30H30N6O. The second-order valence-corrected chi connectivity index (χ2v) is 9.46. The van der Waals surface area contributed by atoms with E-state index < -0.39 is 0 Å². The first-order valence-electron chi connectivity index (χ1n) is 12.2. The van der Waals surface area contributed by atoms with Gasteiger partial charge in [0, 0.05) is 42.1 Å². The monoisotopic (exact) mass is 490 g/mol. The first kappa shape index (κ1) is 24.2. The molecule has 0 aliphatic heterocycles. The molecule has 0 saturated heterocycles. The zero-order valence-electron chi connectivity index (χ0n) is 21.5. The first-order chi connectivity index (χ1) is 17.9. The molecular weight excluding hydrogens is 460 g/mol. The third-order valence-electron chi connectivity index (χ3n) is 6.24. The number of hydrogen-bond acceptors (Lipinski definition) is 5. The molecule has 0 atom stereocenters. The highest BCUT2D eigenvalue weighted by molar-refractivity contribution is 6.05. The summed E-state index contributed by atoms with van der Waals surface area (Å²) >= 11 is 0. The molecule has 2 N–H and O–H groups in total. The van der Waals surface area contributed by atoms with E-state index in [9.17, 15) is 4.79 Å². The molecule has 7 heteroatoms. The number of aryl methyl sites for hydroxylation is 2. The Kier molecular flexibility index (Phi) is 6.70. The summed E-state index contributed by atoms with van der Waals surface area (Å²) in [4.78, 5) is 24.6. The minimum Gasteiger partial charge on any atom is -0.349 e. The van der Waals surface area contributed by atoms with Crippen molar-refractivity contribution >= 4 is 34.1 Å². The molecule has 37 heavy (non-hydrogen) atoms. The van der Waals surface area contributed by atoms with Crippen molar-refractivity contribution in [3.05, 3.63) is 102 Å². The number of hydrogen-bond donors (Lipinski definition) is 2. The van der Waals surface area contributed by atoms with Gasteiger partial charge in [0.25, 0.3) is 5.91 Å². The van der Waals surface area contributed by atoms with Gasteiger partial charge in [-0.3, -0.25) is 4.79 Å². The molecule has 1 amide bonds. The van der Waals surface area contributed by atoms with Crippen molar-refractivity contribution in [2.75, 3.05) is 24.7 Å². The van der Waals surface area contributed by atoms with Crippen LogP contribution in [0.3, 0.4) is 0 Å². The summed E-state index contributed by atoms with van der Waals surface area (Å²) in [6, 6.07) is 25.5. The number of nitrogens with one attached hydrogen (secondary N) is 2. The summed E-state index contributed by atoms with van der Waals surface area (Å²) < 4.78 is 2.05. The second kappa shape index (κ2) is 10.2. The van der Waals surface area contributed by atoms with Crippen molar-refractivity contribution in [2.24, 2.45) is 7.05 Å². The van der Waals surface area contributed by atoms with E-state index in [4.69, 9.17) is 9.97 Å². The smallest absolute Gasteiger partial charge is 0.255 e. The molecule has 0 unspecified atom stereocenters. The average Bonchev–Trinajstić information content (AvgIpc) is 3.31. The number of rotatable bonds is 7. The lowest BCUT2D eigenvalue weighted by Gasteiger charge is -2.14. The number of carbonyl (C=O) groups excluding carboxylic acids is 1. The van der Waals surface area contributed by atoms with E-state index in [-0.39, 0.29) is 5.91 Å². The molecule has 5 rings (SSSR count). The summed E-state index contributed by atoms with van der Waals surface area (Å²) in [6.45, 7) is 2.81. The minimum atomic E-state index is -0.149. The Hall–Kier alpha value is -4.49. The molecule has 2 aromatic heterocycles. The summed E-state index contributed by atoms with van der Waals surface area (Å²) in [5.74, 6) is 0.352. The Morgan fingerprint density at radius 3 is 2.46 bits per heavy atom. The van der Waals surface area contributed by atoms with E-state index in [0.29, 0.717) is 11.5 Å². The van der Waals surface area contributed by atoms with Crippen LogP contribution in [-0.2, 0) is 13.6 Å². The minimum absolute atomic E-state index is 0.149. The summed E-state index contributed by atoms with van der Waals surface area (Å²) in [6.07, 6.45) is 2.00. The maximum Gasteiger partial charge on any atom is 0.255 e. The number of amides is 1. The van der Waals surface area contributed by atoms with Crippen LogP contribution in [0.1, 0.15) is 21.5 Å². The zero-order valence-corrected chi connectivity index (χ0v) is 21.5. The fourth-order valence-electron chi connectivity index (χ4n) is 4.33. The van der Waals surface area contributed by atoms with Crippen LogP contribution in [0.2, 0.25) is 0 Å². The Morgan fingerprint density at radius 1 is 0.946 bits per heavy atom. The van der Waals surface area contributed by atoms with Crippen LogP contribution in [0, 0.1) is 6.92 Å². The number of aromatic nitrogens is 3. The predicted molar refractivity (Wildman–Crippen MR) is 150 cm³/mol. The van der Waals surface area contributed by atoms with E-state index in [1.165, 1.54) is 0 Å². The van der Waals surface area contributed by atoms with E-state index in [1.807, 2.05) is 99.5 Å². The number of nitrogens with zero attached hydrogens (tertiary/aromatic N) is 4. The van der Waals surface area contributed by atoms with Gasteiger partial charge in [0.15, 0.2) is 0 Å². The Labute approximate surface area is 216 Å². The Morgan fingerprint density at radius 2 is 1.73 bits per heavy atom. The van der Waals surface area contributed by atoms with Crippen LogP contribution >= 0.6 is 0 Å². The molecule has 7 nitrogen and oxygen atoms in total. The lowest BCUT2D eigenvalue weighted by molar-refractivity contribution is 0.102. The number of benzene rings is 3. The quantitative estimate of drug-likeness (QED) is 0.293. The van der Waals surface area contributed by atoms with Crippen molar-refractivity contribution in [1.82, 2.24) is 19.4 Å². The molecule has 0 spiro atoms. The third kappa shape index (κ3) is 5.37. The SMILES string of the molecule is Cc1ccc(CN(C)C)cc1NC(=O)c1ccc(Nc2nc(-c3cccn3C)c3ccccc3n2)cc1. The lowest BCUT2D eigenvalue weighted by atomic mass is 10.1. The first-order valence-corrected chi connectivity index (χ1v) is 12.2. The van der Waals surface area contributed by atoms with Gasteiger partial charge in [0.2, 0.25) is 5.95 Å². The topological polar surface area (TPSA) is 75.1 Å². The summed E-state index contributed by atoms with van der Waals surface area (Å²) in [5.41, 5.74) is 7.11. The molecule has 0 aliphatic carbocycles. The van der Waals surface area contributed by atoms with Crippen LogP contribution in [0.15, 0.2) is 85.1 Å². The number of carbonyl (C=O) groups is 1. The molecule has 0 bridgehead atoms. The van der Waals surface area contributed by atoms with Gasteiger partial charge >= 0.3 is 0 Å². The van der Waals surface area contributed by atoms with Crippen LogP contribution in [0.4, 0.5) is 17.3 Å². The van der Waals surface area contributed by atoms with Crippen molar-refractivity contribution in [3.63, 3.8) is 0 Å². The van der Waals surface area contributed by atoms with Gasteiger partial charge in [0.05, 0.1) is 11.2 Å². The largest absolute Gasteiger partial charge is 0.349 e. The molecule has 5 aromatic rings. The molecule has 3 aromatic carbocycles. The van der Waals surface area contributed by atoms with Gasteiger partial charge in [-0.05, 0) is 80.7 Å². The molecule has 0 fully saturated rings. The molecule has 0 aliphatic rings. The van der Waals surface area contributed by atoms with Crippen LogP contribution in [0.5, 0.6) is 0 Å². The number of fused-ring (bicyclic) bond motifs is 1. The maximum absolute atomic E-state index is 13.0. The van der Waals surface area contributed by atoms with Gasteiger partial charge in [-0.25, -0.2) is 9.97 Å². The highest BCUT2D eigenvalue weighted by Gasteiger charge is 2.13. The summed E-state index contributed by atoms with van der Waals surface area (Å²) in [5, 5.41) is 7.35. The summed E-state index contributed by atoms with van der Waals surface area (Å²) in [7, 11) is 6.06. The lowest BCUT2D eigenvalue weighted by Crippen LogP contribution is -2.14. The zero-order chi connectivity index (χ0) is 25.9. The van der Waals surface area contributed by atoms with Crippen molar-refractivity contribution in [3.8, 4) is 11.4 Å². The van der Waals surface area contributed by atoms with Gasteiger partial charge in [-0.1, -0.05) is 30.3 Å². The van der Waals surface area contributed by atoms with Crippen molar-refractivity contribution < 1.29 is 4.79 Å². The van der Waals surface area contributed by atoms with E-state index >= 15 is 0 Å². The standard InChI is InChI=1S/C30H30N6O/c1-20-11-12-21(19-35(2)3)18-26(20)32-29(37)22-13-15-23(16-14-22)31-30-33-25-9-6-5-8-24(25)28(34-30)27-10-7-17-36(27)4/h5-18H,19H2,1-4H3,(H,32,37)(H,31,33,34). The average molecular weight is 491 g/mol. The maximum atomic E-state index is 13.0. The van der Waals surface area contributed by atoms with E-state index in [0.717, 1.165) is 51.3 Å². The highest BCUT2D eigenvalue weighted by Crippen LogP contribution is 2.28. The van der Waals surface area contributed by atoms with Crippen LogP contribution < -0.4 is 10.6 Å². The molecule has 2 heterocycles. The van der Waals surface area contributed by atoms with E-state index in [1.54, 1.807) is 12.1 Å². The molecule has 0 saturated carbocycles. The fraction of sp³-hybridized carbons (Fsp3) is 0.167. The number of para-hydroxylation sites is 1. The predicted octanol–water partition coefficient (Wildman–Crippen LogP) is 6.00. The molecule has 0 radical (unpaired) electrons. The Bertz CT molecular complexity index is 1570. The van der Waals surface area contributed by atoms with Crippen molar-refractivity contribution in [2.45, 2.75) is 13.5 Å². The number of anilines is 3. The van der Waals surface area contributed by atoms with E-state index in [2.05, 4.69) is 21.6 Å². The normalized spacial score (nSPS) is 11.2. The Balaban J connectivity index is 1.36. The van der Waals surface area contributed by atoms with Gasteiger partial charge < -0.3 is 20.1 Å². The van der Waals surface area contributed by atoms with Crippen LogP contribution in [0.25, 0.3) is 22.3 Å². The van der Waals surface area contributed by atoms with Gasteiger partial charge in [0.1, 0.15) is 5.69 Å². The fourth-order valence-corrected chi connectivity index (χ4v) is 4.33. The second-order valence-electron chi connectivity index (χ2n) is 9.46. The van der Waals surface area contributed by atoms with Crippen molar-refractivity contribution in [1.29, 1.82) is 0 Å². The van der Waals surface area contributed by atoms with Gasteiger partial charge in [-0.15, -0.1) is 0 Å².